The molecule has 7 nitrogen and oxygen atoms in total. The molecule has 1 aromatic heterocycles. The molecule has 3 rings (SSSR count). The van der Waals surface area contributed by atoms with E-state index in [1.165, 1.54) is 0 Å². The average molecular weight is 435 g/mol. The first-order valence-electron chi connectivity index (χ1n) is 10.6. The third-order valence-electron chi connectivity index (χ3n) is 5.90. The molecular weight excluding hydrogens is 400 g/mol. The van der Waals surface area contributed by atoms with E-state index in [0.717, 1.165) is 23.1 Å². The maximum absolute atomic E-state index is 13.4. The van der Waals surface area contributed by atoms with E-state index >= 15 is 0 Å². The molecule has 1 aromatic carbocycles. The van der Waals surface area contributed by atoms with Gasteiger partial charge in [-0.05, 0) is 42.9 Å². The minimum Gasteiger partial charge on any atom is -0.338 e. The molecule has 1 unspecified atom stereocenters. The summed E-state index contributed by atoms with van der Waals surface area (Å²) in [6.45, 7) is 16.4. The fourth-order valence-corrected chi connectivity index (χ4v) is 5.82. The molecule has 0 spiro atoms. The van der Waals surface area contributed by atoms with E-state index < -0.39 is 10.0 Å². The second-order valence-corrected chi connectivity index (χ2v) is 11.1. The van der Waals surface area contributed by atoms with Crippen molar-refractivity contribution in [2.24, 2.45) is 0 Å². The molecule has 2 heterocycles. The normalized spacial score (nSPS) is 18.0. The van der Waals surface area contributed by atoms with E-state index in [1.54, 1.807) is 4.31 Å². The van der Waals surface area contributed by atoms with Crippen LogP contribution in [0.25, 0.3) is 0 Å². The fourth-order valence-electron chi connectivity index (χ4n) is 3.99. The fraction of sp³-hybridized carbons (Fsp3) is 0.636. The Hall–Kier alpha value is -1.77. The molecule has 30 heavy (non-hydrogen) atoms. The van der Waals surface area contributed by atoms with Gasteiger partial charge in [-0.1, -0.05) is 45.0 Å². The van der Waals surface area contributed by atoms with Gasteiger partial charge in [-0.15, -0.1) is 0 Å². The number of benzene rings is 1. The summed E-state index contributed by atoms with van der Waals surface area (Å²) in [5.74, 6) is 1.29. The maximum atomic E-state index is 13.4. The number of sulfonamides is 1. The predicted molar refractivity (Wildman–Crippen MR) is 117 cm³/mol. The van der Waals surface area contributed by atoms with E-state index in [0.29, 0.717) is 42.8 Å². The summed E-state index contributed by atoms with van der Waals surface area (Å²) in [5.41, 5.74) is 2.76. The molecule has 0 radical (unpaired) electrons. The van der Waals surface area contributed by atoms with E-state index in [-0.39, 0.29) is 11.5 Å². The minimum absolute atomic E-state index is 0.0219. The van der Waals surface area contributed by atoms with Crippen molar-refractivity contribution in [3.8, 4) is 0 Å². The Morgan fingerprint density at radius 1 is 1.10 bits per heavy atom. The summed E-state index contributed by atoms with van der Waals surface area (Å²) in [5, 5.41) is 3.97. The van der Waals surface area contributed by atoms with Gasteiger partial charge in [0.15, 0.2) is 5.82 Å². The van der Waals surface area contributed by atoms with E-state index in [1.807, 2.05) is 39.8 Å². The van der Waals surface area contributed by atoms with Gasteiger partial charge in [0, 0.05) is 32.6 Å². The zero-order chi connectivity index (χ0) is 22.3. The molecule has 2 aromatic rings. The number of aryl methyl sites for hydroxylation is 3. The standard InChI is InChI=1S/C22H34N4O3S/c1-8-19-23-21(29-24-19)17(4)25-9-11-26(12-10-25)30(27,28)20-15(2)13-18(14-16(20)3)22(5,6)7/h13-14,17H,8-12H2,1-7H3. The van der Waals surface area contributed by atoms with Crippen LogP contribution in [0, 0.1) is 13.8 Å². The van der Waals surface area contributed by atoms with Crippen molar-refractivity contribution in [1.29, 1.82) is 0 Å². The van der Waals surface area contributed by atoms with Gasteiger partial charge in [-0.2, -0.15) is 9.29 Å². The highest BCUT2D eigenvalue weighted by atomic mass is 32.2. The first-order valence-corrected chi connectivity index (χ1v) is 12.1. The second kappa shape index (κ2) is 8.40. The van der Waals surface area contributed by atoms with Crippen molar-refractivity contribution in [3.05, 3.63) is 40.5 Å². The van der Waals surface area contributed by atoms with Gasteiger partial charge in [-0.25, -0.2) is 8.42 Å². The van der Waals surface area contributed by atoms with Crippen LogP contribution >= 0.6 is 0 Å². The largest absolute Gasteiger partial charge is 0.338 e. The molecule has 0 aliphatic carbocycles. The van der Waals surface area contributed by atoms with Crippen LogP contribution in [0.4, 0.5) is 0 Å². The molecule has 1 aliphatic heterocycles. The Morgan fingerprint density at radius 3 is 2.13 bits per heavy atom. The SMILES string of the molecule is CCc1noc(C(C)N2CCN(S(=O)(=O)c3c(C)cc(C(C)(C)C)cc3C)CC2)n1. The van der Waals surface area contributed by atoms with Crippen molar-refractivity contribution in [2.45, 2.75) is 71.2 Å². The van der Waals surface area contributed by atoms with Gasteiger partial charge >= 0.3 is 0 Å². The number of piperazine rings is 1. The summed E-state index contributed by atoms with van der Waals surface area (Å²) in [7, 11) is -3.54. The van der Waals surface area contributed by atoms with Gasteiger partial charge in [0.25, 0.3) is 0 Å². The van der Waals surface area contributed by atoms with Crippen molar-refractivity contribution in [3.63, 3.8) is 0 Å². The van der Waals surface area contributed by atoms with Crippen LogP contribution in [-0.2, 0) is 21.9 Å². The number of rotatable bonds is 5. The highest BCUT2D eigenvalue weighted by molar-refractivity contribution is 7.89. The van der Waals surface area contributed by atoms with Crippen molar-refractivity contribution in [2.75, 3.05) is 26.2 Å². The molecule has 1 atom stereocenters. The lowest BCUT2D eigenvalue weighted by Gasteiger charge is -2.36. The van der Waals surface area contributed by atoms with E-state index in [2.05, 4.69) is 35.8 Å². The summed E-state index contributed by atoms with van der Waals surface area (Å²) >= 11 is 0. The Morgan fingerprint density at radius 2 is 1.67 bits per heavy atom. The molecule has 0 N–H and O–H groups in total. The molecule has 1 aliphatic rings. The molecular formula is C22H34N4O3S. The van der Waals surface area contributed by atoms with Gasteiger partial charge in [0.1, 0.15) is 0 Å². The monoisotopic (exact) mass is 434 g/mol. The molecule has 8 heteroatoms. The third kappa shape index (κ3) is 4.45. The molecule has 0 saturated carbocycles. The second-order valence-electron chi connectivity index (χ2n) is 9.21. The Kier molecular flexibility index (Phi) is 6.41. The van der Waals surface area contributed by atoms with Gasteiger partial charge < -0.3 is 4.52 Å². The highest BCUT2D eigenvalue weighted by Crippen LogP contribution is 2.31. The zero-order valence-electron chi connectivity index (χ0n) is 19.2. The van der Waals surface area contributed by atoms with E-state index in [9.17, 15) is 8.42 Å². The quantitative estimate of drug-likeness (QED) is 0.715. The summed E-state index contributed by atoms with van der Waals surface area (Å²) in [6.07, 6.45) is 0.731. The van der Waals surface area contributed by atoms with Crippen molar-refractivity contribution >= 4 is 10.0 Å². The Labute approximate surface area is 180 Å². The zero-order valence-corrected chi connectivity index (χ0v) is 20.0. The predicted octanol–water partition coefficient (Wildman–Crippen LogP) is 3.61. The summed E-state index contributed by atoms with van der Waals surface area (Å²) < 4.78 is 33.9. The lowest BCUT2D eigenvalue weighted by molar-refractivity contribution is 0.124. The van der Waals surface area contributed by atoms with Gasteiger partial charge in [0.05, 0.1) is 10.9 Å². The smallest absolute Gasteiger partial charge is 0.243 e. The first-order chi connectivity index (χ1) is 13.9. The first kappa shape index (κ1) is 22.9. The molecule has 1 saturated heterocycles. The lowest BCUT2D eigenvalue weighted by atomic mass is 9.85. The number of aromatic nitrogens is 2. The van der Waals surface area contributed by atoms with Crippen LogP contribution in [0.1, 0.15) is 69.1 Å². The van der Waals surface area contributed by atoms with Gasteiger partial charge in [0.2, 0.25) is 15.9 Å². The molecule has 0 bridgehead atoms. The van der Waals surface area contributed by atoms with Crippen molar-refractivity contribution < 1.29 is 12.9 Å². The number of hydrogen-bond acceptors (Lipinski definition) is 6. The van der Waals surface area contributed by atoms with Crippen LogP contribution in [0.2, 0.25) is 0 Å². The highest BCUT2D eigenvalue weighted by Gasteiger charge is 2.34. The summed E-state index contributed by atoms with van der Waals surface area (Å²) in [4.78, 5) is 7.06. The van der Waals surface area contributed by atoms with Crippen LogP contribution in [0.5, 0.6) is 0 Å². The van der Waals surface area contributed by atoms with Crippen LogP contribution < -0.4 is 0 Å². The minimum atomic E-state index is -3.54. The molecule has 0 amide bonds. The van der Waals surface area contributed by atoms with Crippen LogP contribution in [0.3, 0.4) is 0 Å². The number of nitrogens with zero attached hydrogens (tertiary/aromatic N) is 4. The average Bonchev–Trinajstić information content (AvgIpc) is 3.15. The van der Waals surface area contributed by atoms with E-state index in [4.69, 9.17) is 4.52 Å². The molecule has 1 fully saturated rings. The van der Waals surface area contributed by atoms with Crippen LogP contribution in [0.15, 0.2) is 21.6 Å². The lowest BCUT2D eigenvalue weighted by Crippen LogP contribution is -2.49. The Bertz CT molecular complexity index is 977. The third-order valence-corrected chi connectivity index (χ3v) is 8.11. The van der Waals surface area contributed by atoms with Gasteiger partial charge in [-0.3, -0.25) is 4.90 Å². The maximum Gasteiger partial charge on any atom is 0.243 e. The summed E-state index contributed by atoms with van der Waals surface area (Å²) in [6, 6.07) is 4.00. The Balaban J connectivity index is 1.76. The van der Waals surface area contributed by atoms with Crippen LogP contribution in [-0.4, -0.2) is 53.9 Å². The van der Waals surface area contributed by atoms with Crippen molar-refractivity contribution in [1.82, 2.24) is 19.3 Å². The molecule has 166 valence electrons. The topological polar surface area (TPSA) is 79.5 Å². The number of hydrogen-bond donors (Lipinski definition) is 0.